The summed E-state index contributed by atoms with van der Waals surface area (Å²) in [5.41, 5.74) is 1.92. The van der Waals surface area contributed by atoms with Crippen molar-refractivity contribution in [1.29, 1.82) is 0 Å². The van der Waals surface area contributed by atoms with Crippen molar-refractivity contribution in [3.63, 3.8) is 0 Å². The van der Waals surface area contributed by atoms with Gasteiger partial charge in [0.2, 0.25) is 0 Å². The van der Waals surface area contributed by atoms with E-state index in [-0.39, 0.29) is 17.6 Å². The minimum absolute atomic E-state index is 0.316. The summed E-state index contributed by atoms with van der Waals surface area (Å²) < 4.78 is 13.8. The van der Waals surface area contributed by atoms with Gasteiger partial charge in [-0.05, 0) is 25.1 Å². The van der Waals surface area contributed by atoms with Crippen molar-refractivity contribution in [3.8, 4) is 0 Å². The van der Waals surface area contributed by atoms with Gasteiger partial charge in [0, 0.05) is 17.1 Å². The Hall–Kier alpha value is -2.95. The smallest absolute Gasteiger partial charge is 0.262 e. The zero-order valence-corrected chi connectivity index (χ0v) is 12.3. The molecular formula is C18H13FN2O2. The number of benzene rings is 2. The summed E-state index contributed by atoms with van der Waals surface area (Å²) in [5.74, 6) is -0.990. The van der Waals surface area contributed by atoms with E-state index in [2.05, 4.69) is 4.98 Å². The van der Waals surface area contributed by atoms with Gasteiger partial charge in [0.05, 0.1) is 22.7 Å². The van der Waals surface area contributed by atoms with Gasteiger partial charge in [0.1, 0.15) is 5.82 Å². The van der Waals surface area contributed by atoms with Crippen LogP contribution in [0.3, 0.4) is 0 Å². The third kappa shape index (κ3) is 1.83. The number of nitrogens with zero attached hydrogens (tertiary/aromatic N) is 1. The molecule has 0 radical (unpaired) electrons. The summed E-state index contributed by atoms with van der Waals surface area (Å²) in [5, 5.41) is 0.675. The first-order chi connectivity index (χ1) is 11.1. The number of nitrogens with one attached hydrogen (secondary N) is 1. The van der Waals surface area contributed by atoms with Crippen molar-refractivity contribution in [3.05, 3.63) is 71.2 Å². The Kier molecular flexibility index (Phi) is 2.84. The number of rotatable bonds is 2. The molecule has 0 saturated carbocycles. The van der Waals surface area contributed by atoms with E-state index < -0.39 is 6.04 Å². The first-order valence-corrected chi connectivity index (χ1v) is 7.32. The predicted octanol–water partition coefficient (Wildman–Crippen LogP) is 3.66. The highest BCUT2D eigenvalue weighted by Gasteiger charge is 2.39. The molecule has 4 nitrogen and oxygen atoms in total. The largest absolute Gasteiger partial charge is 0.358 e. The number of H-pyrrole nitrogens is 1. The van der Waals surface area contributed by atoms with Gasteiger partial charge in [-0.25, -0.2) is 4.39 Å². The lowest BCUT2D eigenvalue weighted by atomic mass is 10.1. The lowest BCUT2D eigenvalue weighted by Crippen LogP contribution is -2.32. The average Bonchev–Trinajstić information content (AvgIpc) is 3.09. The van der Waals surface area contributed by atoms with Gasteiger partial charge in [0.25, 0.3) is 11.8 Å². The second-order valence-electron chi connectivity index (χ2n) is 5.61. The van der Waals surface area contributed by atoms with E-state index >= 15 is 0 Å². The van der Waals surface area contributed by atoms with Crippen LogP contribution in [0.1, 0.15) is 39.2 Å². The van der Waals surface area contributed by atoms with Gasteiger partial charge in [-0.1, -0.05) is 24.3 Å². The van der Waals surface area contributed by atoms with E-state index in [1.807, 2.05) is 0 Å². The Morgan fingerprint density at radius 2 is 1.65 bits per heavy atom. The number of hydrogen-bond donors (Lipinski definition) is 1. The minimum atomic E-state index is -0.488. The van der Waals surface area contributed by atoms with Crippen molar-refractivity contribution in [2.45, 2.75) is 13.0 Å². The number of carbonyl (C=O) groups is 2. The van der Waals surface area contributed by atoms with Crippen molar-refractivity contribution in [1.82, 2.24) is 9.88 Å². The molecule has 1 atom stereocenters. The maximum Gasteiger partial charge on any atom is 0.262 e. The Morgan fingerprint density at radius 3 is 2.30 bits per heavy atom. The number of aromatic nitrogens is 1. The molecule has 0 fully saturated rings. The van der Waals surface area contributed by atoms with Crippen LogP contribution in [0.4, 0.5) is 4.39 Å². The maximum atomic E-state index is 13.8. The molecule has 5 heteroatoms. The Bertz CT molecular complexity index is 926. The summed E-state index contributed by atoms with van der Waals surface area (Å²) in [6.45, 7) is 1.77. The van der Waals surface area contributed by atoms with Crippen LogP contribution in [0.15, 0.2) is 48.7 Å². The monoisotopic (exact) mass is 308 g/mol. The summed E-state index contributed by atoms with van der Waals surface area (Å²) in [7, 11) is 0. The molecule has 1 N–H and O–H groups in total. The minimum Gasteiger partial charge on any atom is -0.358 e. The van der Waals surface area contributed by atoms with Crippen LogP contribution in [0.5, 0.6) is 0 Å². The number of carbonyl (C=O) groups excluding carboxylic acids is 2. The summed E-state index contributed by atoms with van der Waals surface area (Å²) in [4.78, 5) is 29.3. The molecule has 1 aliphatic heterocycles. The normalized spacial score (nSPS) is 15.3. The van der Waals surface area contributed by atoms with Gasteiger partial charge in [0.15, 0.2) is 0 Å². The fourth-order valence-electron chi connectivity index (χ4n) is 3.18. The number of para-hydroxylation sites is 1. The molecule has 2 aromatic carbocycles. The lowest BCUT2D eigenvalue weighted by molar-refractivity contribution is 0.0596. The topological polar surface area (TPSA) is 53.2 Å². The summed E-state index contributed by atoms with van der Waals surface area (Å²) in [6.07, 6.45) is 1.65. The Balaban J connectivity index is 1.81. The SMILES string of the molecule is CC(c1c[nH]c2c(F)cccc12)N1C(=O)c2ccccc2C1=O. The highest BCUT2D eigenvalue weighted by molar-refractivity contribution is 6.21. The Labute approximate surface area is 131 Å². The zero-order chi connectivity index (χ0) is 16.1. The van der Waals surface area contributed by atoms with Crippen LogP contribution >= 0.6 is 0 Å². The van der Waals surface area contributed by atoms with E-state index in [1.165, 1.54) is 11.0 Å². The molecule has 1 aromatic heterocycles. The van der Waals surface area contributed by atoms with E-state index in [0.29, 0.717) is 27.6 Å². The molecule has 3 aromatic rings. The molecular weight excluding hydrogens is 295 g/mol. The molecule has 2 amide bonds. The molecule has 0 aliphatic carbocycles. The lowest BCUT2D eigenvalue weighted by Gasteiger charge is -2.22. The van der Waals surface area contributed by atoms with Crippen LogP contribution in [0, 0.1) is 5.82 Å². The first-order valence-electron chi connectivity index (χ1n) is 7.32. The van der Waals surface area contributed by atoms with Crippen molar-refractivity contribution in [2.24, 2.45) is 0 Å². The second kappa shape index (κ2) is 4.78. The highest BCUT2D eigenvalue weighted by atomic mass is 19.1. The van der Waals surface area contributed by atoms with Gasteiger partial charge >= 0.3 is 0 Å². The van der Waals surface area contributed by atoms with E-state index in [0.717, 1.165) is 0 Å². The fraction of sp³-hybridized carbons (Fsp3) is 0.111. The van der Waals surface area contributed by atoms with Crippen molar-refractivity contribution < 1.29 is 14.0 Å². The van der Waals surface area contributed by atoms with Gasteiger partial charge in [-0.3, -0.25) is 14.5 Å². The van der Waals surface area contributed by atoms with Crippen LogP contribution in [0.25, 0.3) is 10.9 Å². The summed E-state index contributed by atoms with van der Waals surface area (Å²) in [6, 6.07) is 11.0. The predicted molar refractivity (Wildman–Crippen MR) is 83.6 cm³/mol. The Morgan fingerprint density at radius 1 is 1.00 bits per heavy atom. The molecule has 114 valence electrons. The number of hydrogen-bond acceptors (Lipinski definition) is 2. The van der Waals surface area contributed by atoms with Crippen LogP contribution in [-0.2, 0) is 0 Å². The third-order valence-electron chi connectivity index (χ3n) is 4.36. The van der Waals surface area contributed by atoms with E-state index in [9.17, 15) is 14.0 Å². The van der Waals surface area contributed by atoms with Crippen LogP contribution < -0.4 is 0 Å². The molecule has 2 heterocycles. The van der Waals surface area contributed by atoms with E-state index in [4.69, 9.17) is 0 Å². The maximum absolute atomic E-state index is 13.8. The zero-order valence-electron chi connectivity index (χ0n) is 12.3. The molecule has 0 saturated heterocycles. The number of amides is 2. The summed E-state index contributed by atoms with van der Waals surface area (Å²) >= 11 is 0. The standard InChI is InChI=1S/C18H13FN2O2/c1-10(14-9-20-16-11(14)7-4-8-15(16)19)21-17(22)12-5-2-3-6-13(12)18(21)23/h2-10,20H,1H3. The quantitative estimate of drug-likeness (QED) is 0.734. The van der Waals surface area contributed by atoms with Gasteiger partial charge in [-0.2, -0.15) is 0 Å². The van der Waals surface area contributed by atoms with E-state index in [1.54, 1.807) is 49.5 Å². The van der Waals surface area contributed by atoms with Crippen molar-refractivity contribution in [2.75, 3.05) is 0 Å². The van der Waals surface area contributed by atoms with Crippen LogP contribution in [-0.4, -0.2) is 21.7 Å². The molecule has 0 bridgehead atoms. The molecule has 0 spiro atoms. The number of imide groups is 1. The highest BCUT2D eigenvalue weighted by Crippen LogP contribution is 2.34. The van der Waals surface area contributed by atoms with Gasteiger partial charge < -0.3 is 4.98 Å². The fourth-order valence-corrected chi connectivity index (χ4v) is 3.18. The van der Waals surface area contributed by atoms with Crippen LogP contribution in [0.2, 0.25) is 0 Å². The number of halogens is 1. The van der Waals surface area contributed by atoms with Gasteiger partial charge in [-0.15, -0.1) is 0 Å². The number of fused-ring (bicyclic) bond motifs is 2. The molecule has 4 rings (SSSR count). The third-order valence-corrected chi connectivity index (χ3v) is 4.36. The molecule has 23 heavy (non-hydrogen) atoms. The average molecular weight is 308 g/mol. The molecule has 1 aliphatic rings. The van der Waals surface area contributed by atoms with Crippen molar-refractivity contribution >= 4 is 22.7 Å². The molecule has 1 unspecified atom stereocenters. The first kappa shape index (κ1) is 13.7. The second-order valence-corrected chi connectivity index (χ2v) is 5.61. The number of aromatic amines is 1.